The molecule has 0 radical (unpaired) electrons. The Hall–Kier alpha value is -0.260. The number of rotatable bonds is 6. The predicted octanol–water partition coefficient (Wildman–Crippen LogP) is 0.998. The first kappa shape index (κ1) is 14.8. The largest absolute Gasteiger partial charge is 0.378 e. The number of nitrogens with one attached hydrogen (secondary N) is 1. The predicted molar refractivity (Wildman–Crippen MR) is 72.1 cm³/mol. The fourth-order valence-electron chi connectivity index (χ4n) is 2.24. The highest BCUT2D eigenvalue weighted by Crippen LogP contribution is 2.49. The highest BCUT2D eigenvalue weighted by atomic mass is 32.2. The van der Waals surface area contributed by atoms with Crippen LogP contribution in [0.3, 0.4) is 0 Å². The van der Waals surface area contributed by atoms with Crippen molar-refractivity contribution in [3.8, 4) is 0 Å². The summed E-state index contributed by atoms with van der Waals surface area (Å²) in [5, 5.41) is 2.90. The van der Waals surface area contributed by atoms with E-state index < -0.39 is 5.54 Å². The van der Waals surface area contributed by atoms with Gasteiger partial charge in [0, 0.05) is 30.7 Å². The lowest BCUT2D eigenvalue weighted by atomic mass is 9.54. The highest BCUT2D eigenvalue weighted by molar-refractivity contribution is 7.98. The molecule has 3 N–H and O–H groups in total. The molecule has 0 aromatic rings. The quantitative estimate of drug-likeness (QED) is 0.699. The number of hydrogen-bond acceptors (Lipinski definition) is 4. The van der Waals surface area contributed by atoms with E-state index >= 15 is 0 Å². The van der Waals surface area contributed by atoms with E-state index in [-0.39, 0.29) is 17.4 Å². The summed E-state index contributed by atoms with van der Waals surface area (Å²) in [5.41, 5.74) is 5.14. The summed E-state index contributed by atoms with van der Waals surface area (Å²) in [4.78, 5) is 12.1. The minimum Gasteiger partial charge on any atom is -0.378 e. The van der Waals surface area contributed by atoms with Gasteiger partial charge in [0.25, 0.3) is 0 Å². The van der Waals surface area contributed by atoms with Crippen LogP contribution in [0.1, 0.15) is 27.2 Å². The van der Waals surface area contributed by atoms with Gasteiger partial charge >= 0.3 is 0 Å². The van der Waals surface area contributed by atoms with Gasteiger partial charge in [-0.2, -0.15) is 11.8 Å². The zero-order chi connectivity index (χ0) is 13.1. The van der Waals surface area contributed by atoms with Gasteiger partial charge in [-0.1, -0.05) is 13.8 Å². The number of ether oxygens (including phenoxy) is 1. The molecule has 1 aliphatic rings. The summed E-state index contributed by atoms with van der Waals surface area (Å²) in [6, 6.07) is 0. The molecule has 0 saturated heterocycles. The number of carbonyl (C=O) groups is 1. The van der Waals surface area contributed by atoms with Crippen LogP contribution in [0.25, 0.3) is 0 Å². The van der Waals surface area contributed by atoms with Crippen LogP contribution in [0.2, 0.25) is 0 Å². The monoisotopic (exact) mass is 260 g/mol. The van der Waals surface area contributed by atoms with Crippen LogP contribution in [0.15, 0.2) is 0 Å². The second-order valence-electron chi connectivity index (χ2n) is 5.09. The molecule has 4 nitrogen and oxygen atoms in total. The Morgan fingerprint density at radius 3 is 2.71 bits per heavy atom. The summed E-state index contributed by atoms with van der Waals surface area (Å²) >= 11 is 1.71. The van der Waals surface area contributed by atoms with E-state index in [1.54, 1.807) is 11.8 Å². The average molecular weight is 260 g/mol. The highest BCUT2D eigenvalue weighted by Gasteiger charge is 2.62. The topological polar surface area (TPSA) is 64.3 Å². The molecule has 0 spiro atoms. The molecule has 0 aromatic heterocycles. The maximum absolute atomic E-state index is 12.1. The number of carbonyl (C=O) groups excluding carboxylic acids is 1. The number of thioether (sulfide) groups is 1. The number of hydrogen-bond donors (Lipinski definition) is 2. The summed E-state index contributed by atoms with van der Waals surface area (Å²) in [7, 11) is 0. The maximum atomic E-state index is 12.1. The Bertz CT molecular complexity index is 284. The Labute approximate surface area is 108 Å². The summed E-state index contributed by atoms with van der Waals surface area (Å²) < 4.78 is 5.60. The standard InChI is InChI=1S/C12H24N2O2S/c1-5-16-9-8-12(13,11(9,2)3)10(15)14-6-7-17-4/h9H,5-8,13H2,1-4H3,(H,14,15). The van der Waals surface area contributed by atoms with Crippen LogP contribution >= 0.6 is 11.8 Å². The third-order valence-corrected chi connectivity index (χ3v) is 4.44. The summed E-state index contributed by atoms with van der Waals surface area (Å²) in [6.07, 6.45) is 2.71. The van der Waals surface area contributed by atoms with Gasteiger partial charge in [0.2, 0.25) is 5.91 Å². The molecule has 1 aliphatic carbocycles. The molecule has 100 valence electrons. The number of nitrogens with two attached hydrogens (primary N) is 1. The lowest BCUT2D eigenvalue weighted by Gasteiger charge is -2.57. The fourth-order valence-corrected chi connectivity index (χ4v) is 2.55. The Morgan fingerprint density at radius 2 is 2.24 bits per heavy atom. The molecule has 1 saturated carbocycles. The van der Waals surface area contributed by atoms with Crippen molar-refractivity contribution in [2.45, 2.75) is 38.8 Å². The second-order valence-corrected chi connectivity index (χ2v) is 6.08. The van der Waals surface area contributed by atoms with E-state index in [9.17, 15) is 4.79 Å². The molecule has 0 aliphatic heterocycles. The van der Waals surface area contributed by atoms with Crippen molar-refractivity contribution < 1.29 is 9.53 Å². The van der Waals surface area contributed by atoms with E-state index in [0.29, 0.717) is 19.6 Å². The first-order chi connectivity index (χ1) is 7.90. The second kappa shape index (κ2) is 5.59. The third-order valence-electron chi connectivity index (χ3n) is 3.83. The molecule has 0 bridgehead atoms. The molecule has 2 atom stereocenters. The van der Waals surface area contributed by atoms with Crippen molar-refractivity contribution in [2.24, 2.45) is 11.1 Å². The van der Waals surface area contributed by atoms with Crippen LogP contribution < -0.4 is 11.1 Å². The SMILES string of the molecule is CCOC1CC(N)(C(=O)NCCSC)C1(C)C. The van der Waals surface area contributed by atoms with Crippen LogP contribution in [-0.2, 0) is 9.53 Å². The zero-order valence-electron chi connectivity index (χ0n) is 11.2. The summed E-state index contributed by atoms with van der Waals surface area (Å²) in [5.74, 6) is 0.865. The number of amides is 1. The Kier molecular flexibility index (Phi) is 4.86. The van der Waals surface area contributed by atoms with Crippen LogP contribution in [0.4, 0.5) is 0 Å². The van der Waals surface area contributed by atoms with Gasteiger partial charge in [-0.15, -0.1) is 0 Å². The van der Waals surface area contributed by atoms with E-state index in [2.05, 4.69) is 5.32 Å². The van der Waals surface area contributed by atoms with Gasteiger partial charge in [0.05, 0.1) is 6.10 Å². The third kappa shape index (κ3) is 2.61. The summed E-state index contributed by atoms with van der Waals surface area (Å²) in [6.45, 7) is 7.31. The molecular weight excluding hydrogens is 236 g/mol. The minimum absolute atomic E-state index is 0.0486. The van der Waals surface area contributed by atoms with E-state index in [1.165, 1.54) is 0 Å². The lowest BCUT2D eigenvalue weighted by molar-refractivity contribution is -0.170. The lowest BCUT2D eigenvalue weighted by Crippen LogP contribution is -2.75. The zero-order valence-corrected chi connectivity index (χ0v) is 12.0. The minimum atomic E-state index is -0.786. The molecule has 1 amide bonds. The molecular formula is C12H24N2O2S. The molecule has 0 heterocycles. The van der Waals surface area contributed by atoms with Crippen molar-refractivity contribution >= 4 is 17.7 Å². The average Bonchev–Trinajstić information content (AvgIpc) is 2.28. The van der Waals surface area contributed by atoms with Gasteiger partial charge in [0.1, 0.15) is 5.54 Å². The molecule has 5 heteroatoms. The van der Waals surface area contributed by atoms with Crippen LogP contribution in [-0.4, -0.2) is 42.7 Å². The van der Waals surface area contributed by atoms with Crippen molar-refractivity contribution in [1.82, 2.24) is 5.32 Å². The van der Waals surface area contributed by atoms with Crippen LogP contribution in [0, 0.1) is 5.41 Å². The van der Waals surface area contributed by atoms with E-state index in [1.807, 2.05) is 27.0 Å². The van der Waals surface area contributed by atoms with Gasteiger partial charge in [-0.05, 0) is 13.2 Å². The Balaban J connectivity index is 2.55. The van der Waals surface area contributed by atoms with Crippen molar-refractivity contribution in [2.75, 3.05) is 25.2 Å². The Morgan fingerprint density at radius 1 is 1.59 bits per heavy atom. The maximum Gasteiger partial charge on any atom is 0.240 e. The van der Waals surface area contributed by atoms with Gasteiger partial charge < -0.3 is 15.8 Å². The van der Waals surface area contributed by atoms with E-state index in [0.717, 1.165) is 5.75 Å². The molecule has 1 fully saturated rings. The van der Waals surface area contributed by atoms with Crippen LogP contribution in [0.5, 0.6) is 0 Å². The van der Waals surface area contributed by atoms with Gasteiger partial charge in [0.15, 0.2) is 0 Å². The molecule has 1 rings (SSSR count). The first-order valence-corrected chi connectivity index (χ1v) is 7.47. The smallest absolute Gasteiger partial charge is 0.240 e. The van der Waals surface area contributed by atoms with Gasteiger partial charge in [-0.25, -0.2) is 0 Å². The van der Waals surface area contributed by atoms with Crippen molar-refractivity contribution in [1.29, 1.82) is 0 Å². The van der Waals surface area contributed by atoms with Crippen molar-refractivity contribution in [3.63, 3.8) is 0 Å². The molecule has 0 aromatic carbocycles. The van der Waals surface area contributed by atoms with Crippen molar-refractivity contribution in [3.05, 3.63) is 0 Å². The molecule has 17 heavy (non-hydrogen) atoms. The van der Waals surface area contributed by atoms with Gasteiger partial charge in [-0.3, -0.25) is 4.79 Å². The molecule has 2 unspecified atom stereocenters. The van der Waals surface area contributed by atoms with E-state index in [4.69, 9.17) is 10.5 Å². The first-order valence-electron chi connectivity index (χ1n) is 6.08. The fraction of sp³-hybridized carbons (Fsp3) is 0.917. The normalized spacial score (nSPS) is 30.8.